The lowest BCUT2D eigenvalue weighted by atomic mass is 9.98. The van der Waals surface area contributed by atoms with Crippen LogP contribution in [0.4, 0.5) is 13.2 Å². The number of benzene rings is 1. The van der Waals surface area contributed by atoms with Gasteiger partial charge in [-0.3, -0.25) is 0 Å². The minimum atomic E-state index is -4.31. The van der Waals surface area contributed by atoms with Crippen LogP contribution in [0, 0.1) is 5.92 Å². The van der Waals surface area contributed by atoms with E-state index in [2.05, 4.69) is 0 Å². The fourth-order valence-corrected chi connectivity index (χ4v) is 2.58. The lowest BCUT2D eigenvalue weighted by Gasteiger charge is -2.37. The SMILES string of the molecule is CCOC(OCC)(OCC)C(C)CCc1ccc(C(F)(F)F)cc1. The summed E-state index contributed by atoms with van der Waals surface area (Å²) in [6.07, 6.45) is -3.01. The second-order valence-electron chi connectivity index (χ2n) is 5.54. The smallest absolute Gasteiger partial charge is 0.328 e. The van der Waals surface area contributed by atoms with E-state index in [1.54, 1.807) is 0 Å². The van der Waals surface area contributed by atoms with E-state index in [1.165, 1.54) is 12.1 Å². The Labute approximate surface area is 142 Å². The van der Waals surface area contributed by atoms with Gasteiger partial charge in [0.15, 0.2) is 0 Å². The van der Waals surface area contributed by atoms with E-state index in [-0.39, 0.29) is 5.92 Å². The van der Waals surface area contributed by atoms with Gasteiger partial charge in [-0.15, -0.1) is 0 Å². The van der Waals surface area contributed by atoms with Crippen molar-refractivity contribution >= 4 is 0 Å². The minimum absolute atomic E-state index is 0.0698. The average Bonchev–Trinajstić information content (AvgIpc) is 2.52. The van der Waals surface area contributed by atoms with Crippen LogP contribution < -0.4 is 0 Å². The summed E-state index contributed by atoms with van der Waals surface area (Å²) in [5.41, 5.74) is 0.208. The van der Waals surface area contributed by atoms with Gasteiger partial charge < -0.3 is 14.2 Å². The Bertz CT molecular complexity index is 454. The summed E-state index contributed by atoms with van der Waals surface area (Å²) in [7, 11) is 0. The Morgan fingerprint density at radius 2 is 1.33 bits per heavy atom. The molecule has 6 heteroatoms. The standard InChI is InChI=1S/C18H27F3O3/c1-5-22-18(23-6-2,24-7-3)14(4)8-9-15-10-12-16(13-11-15)17(19,20)21/h10-14H,5-9H2,1-4H3. The zero-order valence-electron chi connectivity index (χ0n) is 14.8. The molecule has 0 spiro atoms. The molecule has 0 fully saturated rings. The maximum atomic E-state index is 12.6. The van der Waals surface area contributed by atoms with Crippen LogP contribution in [0.15, 0.2) is 24.3 Å². The molecule has 1 rings (SSSR count). The van der Waals surface area contributed by atoms with Crippen LogP contribution in [0.2, 0.25) is 0 Å². The van der Waals surface area contributed by atoms with Crippen LogP contribution in [0.3, 0.4) is 0 Å². The molecule has 0 saturated heterocycles. The third-order valence-electron chi connectivity index (χ3n) is 3.79. The van der Waals surface area contributed by atoms with Gasteiger partial charge in [0.05, 0.1) is 5.56 Å². The summed E-state index contributed by atoms with van der Waals surface area (Å²) in [5.74, 6) is -1.18. The second-order valence-corrected chi connectivity index (χ2v) is 5.54. The summed E-state index contributed by atoms with van der Waals surface area (Å²) in [6.45, 7) is 8.92. The highest BCUT2D eigenvalue weighted by Crippen LogP contribution is 2.31. The first-order valence-corrected chi connectivity index (χ1v) is 8.37. The largest absolute Gasteiger partial charge is 0.416 e. The van der Waals surface area contributed by atoms with Crippen molar-refractivity contribution in [3.05, 3.63) is 35.4 Å². The third-order valence-corrected chi connectivity index (χ3v) is 3.79. The molecule has 1 unspecified atom stereocenters. The zero-order valence-corrected chi connectivity index (χ0v) is 14.8. The molecule has 1 atom stereocenters. The molecule has 0 N–H and O–H groups in total. The van der Waals surface area contributed by atoms with Crippen molar-refractivity contribution < 1.29 is 27.4 Å². The maximum Gasteiger partial charge on any atom is 0.416 e. The van der Waals surface area contributed by atoms with E-state index in [1.807, 2.05) is 27.7 Å². The normalized spacial score (nSPS) is 14.0. The van der Waals surface area contributed by atoms with Gasteiger partial charge in [-0.25, -0.2) is 0 Å². The summed E-state index contributed by atoms with van der Waals surface area (Å²) >= 11 is 0. The predicted octanol–water partition coefficient (Wildman–Crippen LogP) is 5.04. The third kappa shape index (κ3) is 5.76. The van der Waals surface area contributed by atoms with Crippen LogP contribution >= 0.6 is 0 Å². The van der Waals surface area contributed by atoms with Crippen LogP contribution in [0.25, 0.3) is 0 Å². The van der Waals surface area contributed by atoms with Gasteiger partial charge in [0.1, 0.15) is 0 Å². The van der Waals surface area contributed by atoms with E-state index in [4.69, 9.17) is 14.2 Å². The lowest BCUT2D eigenvalue weighted by molar-refractivity contribution is -0.400. The summed E-state index contributed by atoms with van der Waals surface area (Å²) in [4.78, 5) is 0. The monoisotopic (exact) mass is 348 g/mol. The van der Waals surface area contributed by atoms with Crippen LogP contribution in [0.1, 0.15) is 45.2 Å². The van der Waals surface area contributed by atoms with Gasteiger partial charge in [-0.05, 0) is 51.3 Å². The molecular weight excluding hydrogens is 321 g/mol. The molecule has 1 aromatic rings. The van der Waals surface area contributed by atoms with Crippen LogP contribution in [-0.2, 0) is 26.8 Å². The number of hydrogen-bond acceptors (Lipinski definition) is 3. The van der Waals surface area contributed by atoms with Gasteiger partial charge in [0.2, 0.25) is 0 Å². The van der Waals surface area contributed by atoms with E-state index < -0.39 is 17.7 Å². The Morgan fingerprint density at radius 3 is 1.71 bits per heavy atom. The molecule has 3 nitrogen and oxygen atoms in total. The fraction of sp³-hybridized carbons (Fsp3) is 0.667. The van der Waals surface area contributed by atoms with Crippen molar-refractivity contribution in [1.29, 1.82) is 0 Å². The van der Waals surface area contributed by atoms with Gasteiger partial charge in [0.25, 0.3) is 5.97 Å². The minimum Gasteiger partial charge on any atom is -0.328 e. The number of hydrogen-bond donors (Lipinski definition) is 0. The van der Waals surface area contributed by atoms with Gasteiger partial charge in [0, 0.05) is 25.7 Å². The number of aryl methyl sites for hydroxylation is 1. The van der Waals surface area contributed by atoms with Crippen molar-refractivity contribution in [2.45, 2.75) is 52.7 Å². The molecule has 0 aliphatic heterocycles. The molecule has 138 valence electrons. The van der Waals surface area contributed by atoms with Crippen LogP contribution in [0.5, 0.6) is 0 Å². The zero-order chi connectivity index (χ0) is 18.2. The molecule has 0 saturated carbocycles. The first kappa shape index (κ1) is 20.9. The van der Waals surface area contributed by atoms with Crippen molar-refractivity contribution in [3.63, 3.8) is 0 Å². The second kappa shape index (κ2) is 9.39. The molecule has 0 aromatic heterocycles. The highest BCUT2D eigenvalue weighted by molar-refractivity contribution is 5.24. The fourth-order valence-electron chi connectivity index (χ4n) is 2.58. The highest BCUT2D eigenvalue weighted by Gasteiger charge is 2.39. The molecule has 1 aromatic carbocycles. The van der Waals surface area contributed by atoms with E-state index >= 15 is 0 Å². The van der Waals surface area contributed by atoms with Gasteiger partial charge in [-0.1, -0.05) is 19.1 Å². The Morgan fingerprint density at radius 1 is 0.875 bits per heavy atom. The number of halogens is 3. The number of ether oxygens (including phenoxy) is 3. The first-order valence-electron chi connectivity index (χ1n) is 8.37. The molecule has 0 aliphatic carbocycles. The molecule has 0 aliphatic rings. The lowest BCUT2D eigenvalue weighted by Crippen LogP contribution is -2.45. The Hall–Kier alpha value is -1.11. The van der Waals surface area contributed by atoms with Crippen molar-refractivity contribution in [2.75, 3.05) is 19.8 Å². The summed E-state index contributed by atoms with van der Waals surface area (Å²) in [5, 5.41) is 0. The van der Waals surface area contributed by atoms with E-state index in [0.717, 1.165) is 17.7 Å². The Balaban J connectivity index is 2.75. The predicted molar refractivity (Wildman–Crippen MR) is 86.5 cm³/mol. The quantitative estimate of drug-likeness (QED) is 0.555. The summed E-state index contributed by atoms with van der Waals surface area (Å²) < 4.78 is 55.0. The van der Waals surface area contributed by atoms with E-state index in [0.29, 0.717) is 32.7 Å². The molecule has 0 radical (unpaired) electrons. The Kier molecular flexibility index (Phi) is 8.19. The molecule has 0 heterocycles. The maximum absolute atomic E-state index is 12.6. The van der Waals surface area contributed by atoms with Crippen molar-refractivity contribution in [2.24, 2.45) is 5.92 Å². The number of rotatable bonds is 10. The van der Waals surface area contributed by atoms with Crippen molar-refractivity contribution in [3.8, 4) is 0 Å². The molecule has 0 bridgehead atoms. The van der Waals surface area contributed by atoms with E-state index in [9.17, 15) is 13.2 Å². The molecule has 24 heavy (non-hydrogen) atoms. The van der Waals surface area contributed by atoms with Crippen molar-refractivity contribution in [1.82, 2.24) is 0 Å². The number of alkyl halides is 3. The topological polar surface area (TPSA) is 27.7 Å². The summed E-state index contributed by atoms with van der Waals surface area (Å²) in [6, 6.07) is 5.25. The van der Waals surface area contributed by atoms with Gasteiger partial charge in [-0.2, -0.15) is 13.2 Å². The molecular formula is C18H27F3O3. The first-order chi connectivity index (χ1) is 11.3. The van der Waals surface area contributed by atoms with Gasteiger partial charge >= 0.3 is 6.18 Å². The molecule has 0 amide bonds. The average molecular weight is 348 g/mol. The van der Waals surface area contributed by atoms with Crippen LogP contribution in [-0.4, -0.2) is 25.8 Å². The highest BCUT2D eigenvalue weighted by atomic mass is 19.4.